The fourth-order valence-electron chi connectivity index (χ4n) is 9.76. The van der Waals surface area contributed by atoms with E-state index in [-0.39, 0.29) is 54.6 Å². The molecule has 10 nitrogen and oxygen atoms in total. The summed E-state index contributed by atoms with van der Waals surface area (Å²) in [5.41, 5.74) is 10.4. The summed E-state index contributed by atoms with van der Waals surface area (Å²) in [6, 6.07) is 17.0. The number of ketones is 2. The number of hydrogen-bond donors (Lipinski definition) is 5. The number of Topliss-reactive ketones (excluding diaryl/α,β-unsaturated/α-hetero) is 2. The molecule has 2 heterocycles. The molecule has 3 aromatic rings. The van der Waals surface area contributed by atoms with Gasteiger partial charge in [-0.3, -0.25) is 9.59 Å². The predicted molar refractivity (Wildman–Crippen MR) is 234 cm³/mol. The lowest BCUT2D eigenvalue weighted by Crippen LogP contribution is -2.39. The Kier molecular flexibility index (Phi) is 15.6. The number of aromatic nitrogens is 1. The molecular weight excluding hydrogens is 755 g/mol. The third-order valence-corrected chi connectivity index (χ3v) is 13.0. The third-order valence-electron chi connectivity index (χ3n) is 13.0. The third kappa shape index (κ3) is 11.0. The van der Waals surface area contributed by atoms with Gasteiger partial charge in [0, 0.05) is 37.0 Å². The summed E-state index contributed by atoms with van der Waals surface area (Å²) in [5, 5.41) is 44.0. The summed E-state index contributed by atoms with van der Waals surface area (Å²) in [4.78, 5) is 37.4. The Hall–Kier alpha value is -4.95. The number of allylic oxidation sites excluding steroid dienone is 1. The average Bonchev–Trinajstić information content (AvgIpc) is 3.63. The molecule has 1 aliphatic heterocycles. The van der Waals surface area contributed by atoms with E-state index >= 15 is 0 Å². The maximum absolute atomic E-state index is 14.7. The number of benzene rings is 2. The van der Waals surface area contributed by atoms with Crippen LogP contribution in [0.4, 0.5) is 5.82 Å². The molecule has 0 unspecified atom stereocenters. The smallest absolute Gasteiger partial charge is 0.177 e. The quantitative estimate of drug-likeness (QED) is 0.0454. The number of carbonyl (C=O) groups excluding carboxylic acids is 2. The molecule has 0 amide bonds. The Bertz CT molecular complexity index is 2050. The van der Waals surface area contributed by atoms with Crippen molar-refractivity contribution in [2.24, 2.45) is 40.5 Å². The molecule has 1 saturated carbocycles. The van der Waals surface area contributed by atoms with Crippen molar-refractivity contribution in [3.05, 3.63) is 101 Å². The van der Waals surface area contributed by atoms with Crippen LogP contribution >= 0.6 is 0 Å². The van der Waals surface area contributed by atoms with Crippen LogP contribution in [0, 0.1) is 53.3 Å². The van der Waals surface area contributed by atoms with Gasteiger partial charge >= 0.3 is 0 Å². The molecule has 60 heavy (non-hydrogen) atoms. The maximum Gasteiger partial charge on any atom is 0.177 e. The maximum atomic E-state index is 14.7. The summed E-state index contributed by atoms with van der Waals surface area (Å²) in [7, 11) is 1.47. The van der Waals surface area contributed by atoms with E-state index in [2.05, 4.69) is 36.7 Å². The van der Waals surface area contributed by atoms with Crippen molar-refractivity contribution in [1.29, 1.82) is 0 Å². The number of anilines is 1. The number of ether oxygens (including phenoxy) is 1. The molecule has 0 radical (unpaired) electrons. The van der Waals surface area contributed by atoms with Crippen LogP contribution in [0.2, 0.25) is 0 Å². The molecule has 1 fully saturated rings. The first-order valence-corrected chi connectivity index (χ1v) is 21.8. The number of aliphatic hydroxyl groups excluding tert-OH is 3. The number of fused-ring (bicyclic) bond motifs is 2. The number of phenolic OH excluding ortho intramolecular Hbond substituents is 1. The number of carbonyl (C=O) groups is 2. The van der Waals surface area contributed by atoms with Crippen molar-refractivity contribution >= 4 is 23.6 Å². The average molecular weight is 817 g/mol. The van der Waals surface area contributed by atoms with Crippen LogP contribution in [0.5, 0.6) is 11.5 Å². The predicted octanol–water partition coefficient (Wildman–Crippen LogP) is 7.36. The first kappa shape index (κ1) is 44.6. The van der Waals surface area contributed by atoms with E-state index in [4.69, 9.17) is 15.5 Å². The topological polar surface area (TPSA) is 176 Å². The van der Waals surface area contributed by atoms with E-state index in [0.717, 1.165) is 66.0 Å². The molecule has 1 aromatic heterocycles. The van der Waals surface area contributed by atoms with Gasteiger partial charge in [-0.2, -0.15) is 0 Å². The fourth-order valence-corrected chi connectivity index (χ4v) is 9.76. The van der Waals surface area contributed by atoms with Gasteiger partial charge in [-0.05, 0) is 129 Å². The van der Waals surface area contributed by atoms with Gasteiger partial charge in [0.05, 0.1) is 25.6 Å². The molecule has 0 bridgehead atoms. The fraction of sp³-hybridized carbons (Fsp3) is 0.500. The number of rotatable bonds is 15. The lowest BCUT2D eigenvalue weighted by molar-refractivity contribution is -0.142. The van der Waals surface area contributed by atoms with Crippen molar-refractivity contribution in [3.63, 3.8) is 0 Å². The van der Waals surface area contributed by atoms with Gasteiger partial charge in [-0.1, -0.05) is 55.5 Å². The van der Waals surface area contributed by atoms with Crippen molar-refractivity contribution in [2.45, 2.75) is 109 Å². The molecule has 6 rings (SSSR count). The number of aryl methyl sites for hydroxylation is 1. The number of aromatic hydroxyl groups is 1. The minimum absolute atomic E-state index is 0.0281. The van der Waals surface area contributed by atoms with Gasteiger partial charge in [0.2, 0.25) is 0 Å². The minimum atomic E-state index is -1.82. The molecule has 2 aliphatic carbocycles. The van der Waals surface area contributed by atoms with Crippen molar-refractivity contribution in [1.82, 2.24) is 4.98 Å². The van der Waals surface area contributed by atoms with Crippen LogP contribution in [0.3, 0.4) is 0 Å². The van der Waals surface area contributed by atoms with E-state index in [9.17, 15) is 30.0 Å². The number of phenols is 1. The molecule has 2 aromatic carbocycles. The SMILES string of the molecule is CCC[C@@H]([C@@H]1C[C@@H](Cc2ccnc(N)c2)C[C@H]2C#C[C@H](c3ccccc3)c3cc(O)c(OC)cc3CCC(=O)[C@H](O)C(=O)[C@H]2C1)[C@H](O)CC1=C[C+]([C@H](C)CCCCO)C=N1. The summed E-state index contributed by atoms with van der Waals surface area (Å²) >= 11 is 0. The molecule has 0 saturated heterocycles. The second-order valence-electron chi connectivity index (χ2n) is 17.2. The molecule has 6 N–H and O–H groups in total. The summed E-state index contributed by atoms with van der Waals surface area (Å²) in [6.07, 6.45) is 10.1. The molecule has 3 aliphatic rings. The van der Waals surface area contributed by atoms with Gasteiger partial charge in [0.15, 0.2) is 34.9 Å². The van der Waals surface area contributed by atoms with Gasteiger partial charge in [-0.15, -0.1) is 4.99 Å². The number of methoxy groups -OCH3 is 1. The van der Waals surface area contributed by atoms with Crippen molar-refractivity contribution < 1.29 is 34.8 Å². The van der Waals surface area contributed by atoms with Gasteiger partial charge < -0.3 is 30.9 Å². The normalized spacial score (nSPS) is 24.7. The highest BCUT2D eigenvalue weighted by atomic mass is 16.5. The number of pyridine rings is 1. The van der Waals surface area contributed by atoms with E-state index in [0.29, 0.717) is 37.9 Å². The standard InChI is InChI=1S/C50H61N3O7/c1-4-10-41(45(56)28-39-25-38(30-53-39)31(2)11-8-9-20-54)37-23-33(21-32-18-19-52-48(51)24-32)22-35-14-16-40(34-12-6-5-7-13-34)42-29-46(57)47(60-3)27-36(42)15-17-44(55)50(59)49(58)43(35)26-37/h5-7,12-13,18-19,24-25,27,29-31,33,35,37,40-41,43,45,50,54,56,59H,4,8-11,15,17,20-23,26,28H2,1-3H3,(H2-,51,52,57)/p+1/t31-,33+,35-,37-,40-,41+,43+,45-,50+/m1/s1. The number of hydrogen-bond acceptors (Lipinski definition) is 10. The molecule has 318 valence electrons. The Morgan fingerprint density at radius 3 is 2.55 bits per heavy atom. The van der Waals surface area contributed by atoms with Crippen LogP contribution in [0.1, 0.15) is 106 Å². The van der Waals surface area contributed by atoms with Crippen LogP contribution in [-0.4, -0.2) is 69.1 Å². The summed E-state index contributed by atoms with van der Waals surface area (Å²) in [6.45, 7) is 4.45. The lowest BCUT2D eigenvalue weighted by Gasteiger charge is -2.33. The van der Waals surface area contributed by atoms with E-state index in [1.165, 1.54) is 7.11 Å². The van der Waals surface area contributed by atoms with Crippen LogP contribution in [0.15, 0.2) is 77.6 Å². The van der Waals surface area contributed by atoms with E-state index in [1.54, 1.807) is 18.3 Å². The second-order valence-corrected chi connectivity index (χ2v) is 17.2. The highest BCUT2D eigenvalue weighted by Gasteiger charge is 2.44. The van der Waals surface area contributed by atoms with Crippen LogP contribution in [0.25, 0.3) is 0 Å². The number of aliphatic hydroxyl groups is 3. The number of unbranched alkanes of at least 4 members (excludes halogenated alkanes) is 1. The Morgan fingerprint density at radius 1 is 1.02 bits per heavy atom. The minimum Gasteiger partial charge on any atom is -0.504 e. The number of nitrogens with two attached hydrogens (primary N) is 1. The molecule has 10 heteroatoms. The van der Waals surface area contributed by atoms with Crippen LogP contribution < -0.4 is 10.5 Å². The highest BCUT2D eigenvalue weighted by molar-refractivity contribution is 6.06. The number of nitrogens with zero attached hydrogens (tertiary/aromatic N) is 2. The number of nitrogen functional groups attached to an aromatic ring is 1. The number of aliphatic imine (C=N–C) groups is 1. The Balaban J connectivity index is 1.41. The molecule has 0 spiro atoms. The van der Waals surface area contributed by atoms with E-state index in [1.807, 2.05) is 48.7 Å². The van der Waals surface area contributed by atoms with Gasteiger partial charge in [0.1, 0.15) is 24.0 Å². The zero-order chi connectivity index (χ0) is 42.8. The Morgan fingerprint density at radius 2 is 1.82 bits per heavy atom. The van der Waals surface area contributed by atoms with Gasteiger partial charge in [-0.25, -0.2) is 4.98 Å². The summed E-state index contributed by atoms with van der Waals surface area (Å²) < 4.78 is 5.45. The highest BCUT2D eigenvalue weighted by Crippen LogP contribution is 2.45. The Labute approximate surface area is 355 Å². The van der Waals surface area contributed by atoms with E-state index < -0.39 is 41.5 Å². The first-order chi connectivity index (χ1) is 29.0. The second kappa shape index (κ2) is 21.0. The molecular formula is C50H62N3O7+. The molecule has 9 atom stereocenters. The zero-order valence-corrected chi connectivity index (χ0v) is 35.3. The van der Waals surface area contributed by atoms with Gasteiger partial charge in [0.25, 0.3) is 0 Å². The van der Waals surface area contributed by atoms with Crippen molar-refractivity contribution in [3.8, 4) is 23.3 Å². The summed E-state index contributed by atoms with van der Waals surface area (Å²) in [5.74, 6) is 6.09. The largest absolute Gasteiger partial charge is 0.504 e. The first-order valence-electron chi connectivity index (χ1n) is 21.8. The van der Waals surface area contributed by atoms with Crippen molar-refractivity contribution in [2.75, 3.05) is 19.5 Å². The lowest BCUT2D eigenvalue weighted by atomic mass is 9.73. The zero-order valence-electron chi connectivity index (χ0n) is 35.3. The monoisotopic (exact) mass is 816 g/mol. The van der Waals surface area contributed by atoms with Crippen LogP contribution in [-0.2, 0) is 22.4 Å².